The molecular weight excluding hydrogens is 300 g/mol. The van der Waals surface area contributed by atoms with E-state index in [4.69, 9.17) is 11.6 Å². The second-order valence-electron chi connectivity index (χ2n) is 3.97. The average molecular weight is 311 g/mol. The number of carbonyl (C=O) groups excluding carboxylic acids is 1. The van der Waals surface area contributed by atoms with E-state index in [0.29, 0.717) is 10.6 Å². The molecule has 4 nitrogen and oxygen atoms in total. The number of ether oxygens (including phenoxy) is 1. The van der Waals surface area contributed by atoms with Gasteiger partial charge in [0.15, 0.2) is 0 Å². The highest BCUT2D eigenvalue weighted by molar-refractivity contribution is 7.91. The van der Waals surface area contributed by atoms with Gasteiger partial charge in [-0.3, -0.25) is 0 Å². The van der Waals surface area contributed by atoms with Crippen molar-refractivity contribution in [2.24, 2.45) is 0 Å². The smallest absolute Gasteiger partial charge is 0.337 e. The molecule has 6 heteroatoms. The van der Waals surface area contributed by atoms with E-state index in [1.54, 1.807) is 0 Å². The third kappa shape index (κ3) is 2.84. The SMILES string of the molecule is COC(=O)c1ccc(S(=O)(=O)c2ccc(Cl)cc2)cc1. The predicted octanol–water partition coefficient (Wildman–Crippen LogP) is 2.96. The molecule has 0 aliphatic carbocycles. The Bertz CT molecular complexity index is 719. The van der Waals surface area contributed by atoms with Crippen LogP contribution in [-0.2, 0) is 14.6 Å². The number of methoxy groups -OCH3 is 1. The first kappa shape index (κ1) is 14.6. The van der Waals surface area contributed by atoms with Gasteiger partial charge in [-0.05, 0) is 48.5 Å². The molecule has 0 N–H and O–H groups in total. The van der Waals surface area contributed by atoms with Crippen molar-refractivity contribution in [2.75, 3.05) is 7.11 Å². The highest BCUT2D eigenvalue weighted by Crippen LogP contribution is 2.22. The van der Waals surface area contributed by atoms with Gasteiger partial charge in [0, 0.05) is 5.02 Å². The summed E-state index contributed by atoms with van der Waals surface area (Å²) in [5.41, 5.74) is 0.294. The second-order valence-corrected chi connectivity index (χ2v) is 6.36. The summed E-state index contributed by atoms with van der Waals surface area (Å²) < 4.78 is 29.2. The van der Waals surface area contributed by atoms with Gasteiger partial charge in [0.25, 0.3) is 0 Å². The highest BCUT2D eigenvalue weighted by atomic mass is 35.5. The van der Waals surface area contributed by atoms with Crippen molar-refractivity contribution in [2.45, 2.75) is 9.79 Å². The molecule has 0 saturated heterocycles. The molecule has 0 aliphatic heterocycles. The van der Waals surface area contributed by atoms with E-state index in [2.05, 4.69) is 4.74 Å². The van der Waals surface area contributed by atoms with Gasteiger partial charge in [0.1, 0.15) is 0 Å². The van der Waals surface area contributed by atoms with Gasteiger partial charge in [0.05, 0.1) is 22.5 Å². The molecule has 104 valence electrons. The Morgan fingerprint density at radius 2 is 1.40 bits per heavy atom. The molecule has 2 rings (SSSR count). The van der Waals surface area contributed by atoms with Crippen LogP contribution in [0.15, 0.2) is 58.3 Å². The molecule has 0 spiro atoms. The molecule has 0 heterocycles. The zero-order valence-corrected chi connectivity index (χ0v) is 12.1. The Morgan fingerprint density at radius 1 is 0.950 bits per heavy atom. The molecule has 0 radical (unpaired) electrons. The molecule has 0 unspecified atom stereocenters. The lowest BCUT2D eigenvalue weighted by Crippen LogP contribution is -2.04. The van der Waals surface area contributed by atoms with Gasteiger partial charge in [-0.15, -0.1) is 0 Å². The van der Waals surface area contributed by atoms with Crippen LogP contribution in [0.25, 0.3) is 0 Å². The molecule has 2 aromatic rings. The normalized spacial score (nSPS) is 11.1. The van der Waals surface area contributed by atoms with Crippen LogP contribution in [0.4, 0.5) is 0 Å². The number of carbonyl (C=O) groups is 1. The Kier molecular flexibility index (Phi) is 4.11. The maximum absolute atomic E-state index is 12.3. The molecule has 0 aliphatic rings. The average Bonchev–Trinajstić information content (AvgIpc) is 2.47. The molecule has 0 bridgehead atoms. The molecule has 0 saturated carbocycles. The van der Waals surface area contributed by atoms with E-state index in [9.17, 15) is 13.2 Å². The maximum Gasteiger partial charge on any atom is 0.337 e. The summed E-state index contributed by atoms with van der Waals surface area (Å²) in [4.78, 5) is 11.5. The first-order chi connectivity index (χ1) is 9.45. The molecule has 0 atom stereocenters. The lowest BCUT2D eigenvalue weighted by Gasteiger charge is -2.05. The number of hydrogen-bond acceptors (Lipinski definition) is 4. The van der Waals surface area contributed by atoms with Crippen LogP contribution in [0.2, 0.25) is 5.02 Å². The summed E-state index contributed by atoms with van der Waals surface area (Å²) >= 11 is 5.73. The van der Waals surface area contributed by atoms with E-state index >= 15 is 0 Å². The fourth-order valence-electron chi connectivity index (χ4n) is 1.64. The van der Waals surface area contributed by atoms with Crippen molar-refractivity contribution < 1.29 is 17.9 Å². The van der Waals surface area contributed by atoms with E-state index in [1.165, 1.54) is 55.6 Å². The molecule has 0 amide bonds. The number of rotatable bonds is 3. The number of hydrogen-bond donors (Lipinski definition) is 0. The third-order valence-corrected chi connectivity index (χ3v) is 4.75. The van der Waals surface area contributed by atoms with E-state index in [1.807, 2.05) is 0 Å². The van der Waals surface area contributed by atoms with Crippen LogP contribution in [-0.4, -0.2) is 21.5 Å². The van der Waals surface area contributed by atoms with Crippen molar-refractivity contribution in [3.05, 3.63) is 59.1 Å². The summed E-state index contributed by atoms with van der Waals surface area (Å²) in [5.74, 6) is -0.513. The molecule has 2 aromatic carbocycles. The van der Waals surface area contributed by atoms with Gasteiger partial charge in [-0.25, -0.2) is 13.2 Å². The van der Waals surface area contributed by atoms with Gasteiger partial charge in [-0.2, -0.15) is 0 Å². The van der Waals surface area contributed by atoms with Gasteiger partial charge < -0.3 is 4.74 Å². The lowest BCUT2D eigenvalue weighted by atomic mass is 10.2. The summed E-state index contributed by atoms with van der Waals surface area (Å²) in [5, 5.41) is 0.463. The number of halogens is 1. The Morgan fingerprint density at radius 3 is 1.85 bits per heavy atom. The zero-order valence-electron chi connectivity index (χ0n) is 10.5. The highest BCUT2D eigenvalue weighted by Gasteiger charge is 2.18. The minimum Gasteiger partial charge on any atom is -0.465 e. The van der Waals surface area contributed by atoms with Crippen molar-refractivity contribution in [1.29, 1.82) is 0 Å². The largest absolute Gasteiger partial charge is 0.465 e. The fraction of sp³-hybridized carbons (Fsp3) is 0.0714. The summed E-state index contributed by atoms with van der Waals surface area (Å²) in [7, 11) is -2.35. The monoisotopic (exact) mass is 310 g/mol. The van der Waals surface area contributed by atoms with Crippen LogP contribution in [0.5, 0.6) is 0 Å². The summed E-state index contributed by atoms with van der Waals surface area (Å²) in [6.07, 6.45) is 0. The second kappa shape index (κ2) is 5.64. The topological polar surface area (TPSA) is 60.4 Å². The molecule has 20 heavy (non-hydrogen) atoms. The zero-order chi connectivity index (χ0) is 14.8. The van der Waals surface area contributed by atoms with Crippen molar-refractivity contribution in [3.63, 3.8) is 0 Å². The van der Waals surface area contributed by atoms with Crippen LogP contribution >= 0.6 is 11.6 Å². The van der Waals surface area contributed by atoms with Crippen molar-refractivity contribution in [3.8, 4) is 0 Å². The minimum atomic E-state index is -3.62. The minimum absolute atomic E-state index is 0.104. The van der Waals surface area contributed by atoms with Crippen LogP contribution in [0.1, 0.15) is 10.4 Å². The number of sulfone groups is 1. The van der Waals surface area contributed by atoms with Gasteiger partial charge in [0.2, 0.25) is 9.84 Å². The Labute approximate surface area is 121 Å². The number of benzene rings is 2. The Balaban J connectivity index is 2.40. The quantitative estimate of drug-likeness (QED) is 0.818. The summed E-state index contributed by atoms with van der Waals surface area (Å²) in [6.45, 7) is 0. The Hall–Kier alpha value is -1.85. The molecule has 0 aromatic heterocycles. The van der Waals surface area contributed by atoms with Gasteiger partial charge >= 0.3 is 5.97 Å². The van der Waals surface area contributed by atoms with E-state index in [-0.39, 0.29) is 9.79 Å². The van der Waals surface area contributed by atoms with Crippen LogP contribution in [0, 0.1) is 0 Å². The van der Waals surface area contributed by atoms with Crippen molar-refractivity contribution >= 4 is 27.4 Å². The standard InChI is InChI=1S/C14H11ClO4S/c1-19-14(16)10-2-6-12(7-3-10)20(17,18)13-8-4-11(15)5-9-13/h2-9H,1H3. The predicted molar refractivity (Wildman–Crippen MR) is 74.7 cm³/mol. The first-order valence-corrected chi connectivity index (χ1v) is 7.50. The lowest BCUT2D eigenvalue weighted by molar-refractivity contribution is 0.0600. The maximum atomic E-state index is 12.3. The molecule has 0 fully saturated rings. The van der Waals surface area contributed by atoms with Crippen molar-refractivity contribution in [1.82, 2.24) is 0 Å². The third-order valence-electron chi connectivity index (χ3n) is 2.71. The van der Waals surface area contributed by atoms with Crippen LogP contribution in [0.3, 0.4) is 0 Å². The molecular formula is C14H11ClO4S. The van der Waals surface area contributed by atoms with Crippen LogP contribution < -0.4 is 0 Å². The fourth-order valence-corrected chi connectivity index (χ4v) is 3.02. The summed E-state index contributed by atoms with van der Waals surface area (Å²) in [6, 6.07) is 11.5. The van der Waals surface area contributed by atoms with E-state index in [0.717, 1.165) is 0 Å². The van der Waals surface area contributed by atoms with E-state index < -0.39 is 15.8 Å². The first-order valence-electron chi connectivity index (χ1n) is 5.64. The number of esters is 1. The van der Waals surface area contributed by atoms with Gasteiger partial charge in [-0.1, -0.05) is 11.6 Å².